The summed E-state index contributed by atoms with van der Waals surface area (Å²) < 4.78 is 6.82. The summed E-state index contributed by atoms with van der Waals surface area (Å²) in [6.07, 6.45) is 4.25. The lowest BCUT2D eigenvalue weighted by Crippen LogP contribution is -2.16. The van der Waals surface area contributed by atoms with E-state index < -0.39 is 0 Å². The van der Waals surface area contributed by atoms with Gasteiger partial charge in [0.05, 0.1) is 24.7 Å². The van der Waals surface area contributed by atoms with Crippen molar-refractivity contribution in [3.63, 3.8) is 0 Å². The van der Waals surface area contributed by atoms with Crippen molar-refractivity contribution >= 4 is 17.3 Å². The Kier molecular flexibility index (Phi) is 4.24. The number of nitrogens with two attached hydrogens (primary N) is 1. The summed E-state index contributed by atoms with van der Waals surface area (Å²) in [6.45, 7) is 2.80. The zero-order valence-corrected chi connectivity index (χ0v) is 11.6. The zero-order valence-electron chi connectivity index (χ0n) is 11.6. The molecule has 0 fully saturated rings. The molecular formula is C14H18N4O2. The van der Waals surface area contributed by atoms with Crippen molar-refractivity contribution in [3.8, 4) is 5.88 Å². The van der Waals surface area contributed by atoms with Crippen molar-refractivity contribution in [2.24, 2.45) is 0 Å². The lowest BCUT2D eigenvalue weighted by atomic mass is 10.3. The molecule has 20 heavy (non-hydrogen) atoms. The molecule has 6 nitrogen and oxygen atoms in total. The number of rotatable bonds is 5. The van der Waals surface area contributed by atoms with Crippen molar-refractivity contribution in [1.82, 2.24) is 9.55 Å². The summed E-state index contributed by atoms with van der Waals surface area (Å²) in [6, 6.07) is 5.09. The van der Waals surface area contributed by atoms with Crippen molar-refractivity contribution in [2.45, 2.75) is 19.9 Å². The van der Waals surface area contributed by atoms with Crippen molar-refractivity contribution < 1.29 is 9.53 Å². The van der Waals surface area contributed by atoms with Crippen molar-refractivity contribution in [3.05, 3.63) is 36.3 Å². The first-order valence-corrected chi connectivity index (χ1v) is 6.41. The number of aryl methyl sites for hydroxylation is 1. The number of ether oxygens (including phenoxy) is 1. The third-order valence-electron chi connectivity index (χ3n) is 2.82. The maximum absolute atomic E-state index is 12.2. The van der Waals surface area contributed by atoms with Gasteiger partial charge in [0.2, 0.25) is 5.88 Å². The van der Waals surface area contributed by atoms with E-state index in [1.807, 2.05) is 11.5 Å². The first kappa shape index (κ1) is 13.9. The summed E-state index contributed by atoms with van der Waals surface area (Å²) in [5.74, 6) is 0.295. The summed E-state index contributed by atoms with van der Waals surface area (Å²) in [7, 11) is 1.54. The Balaban J connectivity index is 2.14. The molecule has 0 spiro atoms. The number of pyridine rings is 1. The smallest absolute Gasteiger partial charge is 0.272 e. The largest absolute Gasteiger partial charge is 0.481 e. The number of hydrogen-bond acceptors (Lipinski definition) is 4. The van der Waals surface area contributed by atoms with Gasteiger partial charge in [0, 0.05) is 18.8 Å². The Morgan fingerprint density at radius 1 is 1.50 bits per heavy atom. The fraction of sp³-hybridized carbons (Fsp3) is 0.286. The lowest BCUT2D eigenvalue weighted by Gasteiger charge is -2.08. The lowest BCUT2D eigenvalue weighted by molar-refractivity contribution is 0.101. The molecule has 0 radical (unpaired) electrons. The number of aromatic nitrogens is 2. The monoisotopic (exact) mass is 274 g/mol. The minimum atomic E-state index is -0.206. The number of hydrogen-bond donors (Lipinski definition) is 2. The number of carbonyl (C=O) groups is 1. The Labute approximate surface area is 117 Å². The molecule has 0 aliphatic heterocycles. The molecule has 0 aliphatic rings. The Morgan fingerprint density at radius 3 is 2.90 bits per heavy atom. The van der Waals surface area contributed by atoms with Gasteiger partial charge in [0.1, 0.15) is 5.69 Å². The number of methoxy groups -OCH3 is 1. The van der Waals surface area contributed by atoms with Gasteiger partial charge in [-0.25, -0.2) is 4.98 Å². The molecule has 0 aliphatic carbocycles. The van der Waals surface area contributed by atoms with E-state index in [2.05, 4.69) is 10.3 Å². The van der Waals surface area contributed by atoms with E-state index >= 15 is 0 Å². The first-order valence-electron chi connectivity index (χ1n) is 6.41. The molecule has 0 atom stereocenters. The van der Waals surface area contributed by atoms with Crippen LogP contribution >= 0.6 is 0 Å². The van der Waals surface area contributed by atoms with Crippen LogP contribution in [0.5, 0.6) is 5.88 Å². The minimum Gasteiger partial charge on any atom is -0.481 e. The topological polar surface area (TPSA) is 82.2 Å². The molecule has 0 aromatic carbocycles. The number of anilines is 2. The van der Waals surface area contributed by atoms with Gasteiger partial charge >= 0.3 is 0 Å². The van der Waals surface area contributed by atoms with E-state index in [1.165, 1.54) is 0 Å². The molecule has 2 aromatic rings. The fourth-order valence-electron chi connectivity index (χ4n) is 1.92. The number of nitrogens with one attached hydrogen (secondary N) is 1. The molecule has 0 saturated carbocycles. The standard InChI is InChI=1S/C14H18N4O2/c1-3-6-18-9-10(15)7-12(18)14(19)17-11-4-5-13(20-2)16-8-11/h4-5,7-9H,3,6,15H2,1-2H3,(H,17,19). The predicted molar refractivity (Wildman–Crippen MR) is 77.9 cm³/mol. The molecule has 106 valence electrons. The van der Waals surface area contributed by atoms with Gasteiger partial charge in [-0.2, -0.15) is 0 Å². The molecule has 0 bridgehead atoms. The molecule has 3 N–H and O–H groups in total. The molecule has 2 rings (SSSR count). The number of amides is 1. The van der Waals surface area contributed by atoms with Gasteiger partial charge in [-0.3, -0.25) is 4.79 Å². The molecule has 6 heteroatoms. The van der Waals surface area contributed by atoms with Gasteiger partial charge in [0.25, 0.3) is 5.91 Å². The van der Waals surface area contributed by atoms with Crippen LogP contribution in [0.25, 0.3) is 0 Å². The fourth-order valence-corrected chi connectivity index (χ4v) is 1.92. The summed E-state index contributed by atoms with van der Waals surface area (Å²) in [5.41, 5.74) is 7.48. The van der Waals surface area contributed by atoms with E-state index in [0.717, 1.165) is 13.0 Å². The second-order valence-corrected chi connectivity index (χ2v) is 4.40. The summed E-state index contributed by atoms with van der Waals surface area (Å²) in [5, 5.41) is 2.79. The maximum Gasteiger partial charge on any atom is 0.272 e. The first-order chi connectivity index (χ1) is 9.63. The average molecular weight is 274 g/mol. The van der Waals surface area contributed by atoms with Crippen LogP contribution in [0.1, 0.15) is 23.8 Å². The van der Waals surface area contributed by atoms with E-state index in [0.29, 0.717) is 22.9 Å². The second-order valence-electron chi connectivity index (χ2n) is 4.40. The van der Waals surface area contributed by atoms with Crippen LogP contribution in [0.15, 0.2) is 30.6 Å². The number of nitrogens with zero attached hydrogens (tertiary/aromatic N) is 2. The second kappa shape index (κ2) is 6.10. The van der Waals surface area contributed by atoms with Crippen LogP contribution in [-0.4, -0.2) is 22.6 Å². The van der Waals surface area contributed by atoms with E-state index in [4.69, 9.17) is 10.5 Å². The van der Waals surface area contributed by atoms with Crippen molar-refractivity contribution in [2.75, 3.05) is 18.2 Å². The molecule has 0 saturated heterocycles. The third kappa shape index (κ3) is 3.09. The minimum absolute atomic E-state index is 0.206. The van der Waals surface area contributed by atoms with E-state index in [9.17, 15) is 4.79 Å². The summed E-state index contributed by atoms with van der Waals surface area (Å²) in [4.78, 5) is 16.3. The van der Waals surface area contributed by atoms with Crippen molar-refractivity contribution in [1.29, 1.82) is 0 Å². The zero-order chi connectivity index (χ0) is 14.5. The van der Waals surface area contributed by atoms with Gasteiger partial charge in [-0.15, -0.1) is 0 Å². The van der Waals surface area contributed by atoms with Gasteiger partial charge < -0.3 is 20.4 Å². The third-order valence-corrected chi connectivity index (χ3v) is 2.82. The molecule has 2 heterocycles. The van der Waals surface area contributed by atoms with Gasteiger partial charge in [-0.1, -0.05) is 6.92 Å². The predicted octanol–water partition coefficient (Wildman–Crippen LogP) is 2.14. The molecule has 2 aromatic heterocycles. The van der Waals surface area contributed by atoms with Gasteiger partial charge in [0.15, 0.2) is 0 Å². The Hall–Kier alpha value is -2.50. The quantitative estimate of drug-likeness (QED) is 0.875. The number of nitrogen functional groups attached to an aromatic ring is 1. The van der Waals surface area contributed by atoms with Crippen LogP contribution in [0, 0.1) is 0 Å². The van der Waals surface area contributed by atoms with E-state index in [-0.39, 0.29) is 5.91 Å². The van der Waals surface area contributed by atoms with Crippen LogP contribution in [0.4, 0.5) is 11.4 Å². The van der Waals surface area contributed by atoms with E-state index in [1.54, 1.807) is 37.7 Å². The normalized spacial score (nSPS) is 10.3. The highest BCUT2D eigenvalue weighted by atomic mass is 16.5. The molecular weight excluding hydrogens is 256 g/mol. The SMILES string of the molecule is CCCn1cc(N)cc1C(=O)Nc1ccc(OC)nc1. The maximum atomic E-state index is 12.2. The highest BCUT2D eigenvalue weighted by Gasteiger charge is 2.13. The summed E-state index contributed by atoms with van der Waals surface area (Å²) >= 11 is 0. The van der Waals surface area contributed by atoms with Crippen LogP contribution in [0.3, 0.4) is 0 Å². The molecule has 0 unspecified atom stereocenters. The molecule has 1 amide bonds. The van der Waals surface area contributed by atoms with Crippen LogP contribution < -0.4 is 15.8 Å². The highest BCUT2D eigenvalue weighted by molar-refractivity contribution is 6.03. The van der Waals surface area contributed by atoms with Crippen LogP contribution in [-0.2, 0) is 6.54 Å². The van der Waals surface area contributed by atoms with Gasteiger partial charge in [-0.05, 0) is 18.6 Å². The average Bonchev–Trinajstić information content (AvgIpc) is 2.81. The Bertz CT molecular complexity index is 590. The highest BCUT2D eigenvalue weighted by Crippen LogP contribution is 2.15. The Morgan fingerprint density at radius 2 is 2.30 bits per heavy atom. The van der Waals surface area contributed by atoms with Crippen LogP contribution in [0.2, 0.25) is 0 Å². The number of carbonyl (C=O) groups excluding carboxylic acids is 1.